The van der Waals surface area contributed by atoms with E-state index in [2.05, 4.69) is 32.7 Å². The van der Waals surface area contributed by atoms with E-state index in [-0.39, 0.29) is 0 Å². The van der Waals surface area contributed by atoms with Gasteiger partial charge in [0, 0.05) is 6.04 Å². The fourth-order valence-electron chi connectivity index (χ4n) is 1.60. The van der Waals surface area contributed by atoms with E-state index in [1.54, 1.807) is 0 Å². The first-order chi connectivity index (χ1) is 6.26. The van der Waals surface area contributed by atoms with Gasteiger partial charge in [0.05, 0.1) is 0 Å². The molecule has 0 saturated carbocycles. The summed E-state index contributed by atoms with van der Waals surface area (Å²) >= 11 is 0. The maximum Gasteiger partial charge on any atom is 0.00894 e. The Morgan fingerprint density at radius 2 is 1.54 bits per heavy atom. The van der Waals surface area contributed by atoms with Gasteiger partial charge < -0.3 is 4.90 Å². The second-order valence-electron chi connectivity index (χ2n) is 3.33. The molecule has 1 nitrogen and oxygen atoms in total. The van der Waals surface area contributed by atoms with E-state index in [0.717, 1.165) is 6.04 Å². The molecule has 13 heavy (non-hydrogen) atoms. The number of hydrogen-bond donors (Lipinski definition) is 0. The highest BCUT2D eigenvalue weighted by Crippen LogP contribution is 2.08. The van der Waals surface area contributed by atoms with E-state index >= 15 is 0 Å². The van der Waals surface area contributed by atoms with E-state index in [1.807, 2.05) is 13.8 Å². The largest absolute Gasteiger partial charge is 0.303 e. The predicted molar refractivity (Wildman–Crippen MR) is 63.3 cm³/mol. The first-order valence-corrected chi connectivity index (χ1v) is 5.96. The quantitative estimate of drug-likeness (QED) is 0.609. The Hall–Kier alpha value is -0.0400. The van der Waals surface area contributed by atoms with Crippen LogP contribution in [0.1, 0.15) is 60.3 Å². The zero-order chi connectivity index (χ0) is 10.7. The Labute approximate surface area is 85.5 Å². The smallest absolute Gasteiger partial charge is 0.00894 e. The van der Waals surface area contributed by atoms with Gasteiger partial charge in [-0.25, -0.2) is 0 Å². The Balaban J connectivity index is 0. The maximum absolute atomic E-state index is 2.49. The van der Waals surface area contributed by atoms with Gasteiger partial charge in [-0.2, -0.15) is 0 Å². The lowest BCUT2D eigenvalue weighted by Gasteiger charge is -2.26. The molecule has 0 aliphatic rings. The summed E-state index contributed by atoms with van der Waals surface area (Å²) in [6.07, 6.45) is 5.24. The van der Waals surface area contributed by atoms with Crippen molar-refractivity contribution < 1.29 is 0 Å². The van der Waals surface area contributed by atoms with E-state index in [0.29, 0.717) is 0 Å². The molecule has 0 aliphatic carbocycles. The first kappa shape index (κ1) is 15.4. The van der Waals surface area contributed by atoms with Gasteiger partial charge >= 0.3 is 0 Å². The molecule has 0 amide bonds. The lowest BCUT2D eigenvalue weighted by molar-refractivity contribution is 0.223. The average molecular weight is 187 g/mol. The molecule has 0 aromatic carbocycles. The standard InChI is InChI=1S/C10H23N.C2H6/c1-5-8-10(7-3)11(4)9-6-2;1-2/h10H,5-9H2,1-4H3;1-2H3. The molecule has 1 unspecified atom stereocenters. The average Bonchev–Trinajstić information content (AvgIpc) is 2.17. The number of nitrogens with zero attached hydrogens (tertiary/aromatic N) is 1. The Morgan fingerprint density at radius 1 is 1.00 bits per heavy atom. The normalized spacial score (nSPS) is 12.2. The first-order valence-electron chi connectivity index (χ1n) is 5.96. The molecule has 0 spiro atoms. The number of hydrogen-bond acceptors (Lipinski definition) is 1. The van der Waals surface area contributed by atoms with Crippen molar-refractivity contribution in [2.45, 2.75) is 66.3 Å². The van der Waals surface area contributed by atoms with Crippen LogP contribution in [0.15, 0.2) is 0 Å². The van der Waals surface area contributed by atoms with E-state index in [4.69, 9.17) is 0 Å². The minimum Gasteiger partial charge on any atom is -0.303 e. The summed E-state index contributed by atoms with van der Waals surface area (Å²) in [6, 6.07) is 0.819. The summed E-state index contributed by atoms with van der Waals surface area (Å²) in [5, 5.41) is 0. The minimum atomic E-state index is 0.819. The minimum absolute atomic E-state index is 0.819. The van der Waals surface area contributed by atoms with E-state index in [1.165, 1.54) is 32.2 Å². The molecule has 1 heteroatoms. The van der Waals surface area contributed by atoms with Crippen molar-refractivity contribution in [3.8, 4) is 0 Å². The number of rotatable bonds is 6. The summed E-state index contributed by atoms with van der Waals surface area (Å²) in [5.41, 5.74) is 0. The lowest BCUT2D eigenvalue weighted by atomic mass is 10.1. The van der Waals surface area contributed by atoms with Gasteiger partial charge in [0.25, 0.3) is 0 Å². The Morgan fingerprint density at radius 3 is 1.85 bits per heavy atom. The highest BCUT2D eigenvalue weighted by molar-refractivity contribution is 4.65. The fraction of sp³-hybridized carbons (Fsp3) is 1.00. The Kier molecular flexibility index (Phi) is 14.2. The summed E-state index contributed by atoms with van der Waals surface area (Å²) in [5.74, 6) is 0. The monoisotopic (exact) mass is 187 g/mol. The SMILES string of the molecule is CC.CCCC(CC)N(C)CCC. The molecule has 0 aliphatic heterocycles. The molecule has 0 N–H and O–H groups in total. The van der Waals surface area contributed by atoms with Crippen LogP contribution in [0.4, 0.5) is 0 Å². The third-order valence-corrected chi connectivity index (χ3v) is 2.29. The van der Waals surface area contributed by atoms with Crippen molar-refractivity contribution in [3.05, 3.63) is 0 Å². The van der Waals surface area contributed by atoms with Crippen molar-refractivity contribution in [3.63, 3.8) is 0 Å². The molecule has 0 heterocycles. The van der Waals surface area contributed by atoms with Gasteiger partial charge in [0.1, 0.15) is 0 Å². The van der Waals surface area contributed by atoms with Crippen LogP contribution >= 0.6 is 0 Å². The van der Waals surface area contributed by atoms with Crippen molar-refractivity contribution >= 4 is 0 Å². The van der Waals surface area contributed by atoms with Crippen molar-refractivity contribution in [2.24, 2.45) is 0 Å². The molecule has 0 bridgehead atoms. The Bertz CT molecular complexity index is 81.2. The third kappa shape index (κ3) is 8.29. The zero-order valence-electron chi connectivity index (χ0n) is 10.6. The third-order valence-electron chi connectivity index (χ3n) is 2.29. The lowest BCUT2D eigenvalue weighted by Crippen LogP contribution is -2.31. The van der Waals surface area contributed by atoms with Crippen LogP contribution in [0.3, 0.4) is 0 Å². The van der Waals surface area contributed by atoms with Crippen molar-refractivity contribution in [2.75, 3.05) is 13.6 Å². The van der Waals surface area contributed by atoms with Crippen LogP contribution in [0.25, 0.3) is 0 Å². The molecular weight excluding hydrogens is 158 g/mol. The zero-order valence-corrected chi connectivity index (χ0v) is 10.6. The van der Waals surface area contributed by atoms with Gasteiger partial charge in [0.2, 0.25) is 0 Å². The highest BCUT2D eigenvalue weighted by atomic mass is 15.1. The predicted octanol–water partition coefficient (Wildman–Crippen LogP) is 3.93. The van der Waals surface area contributed by atoms with Crippen LogP contribution in [0.5, 0.6) is 0 Å². The molecule has 0 aromatic rings. The topological polar surface area (TPSA) is 3.24 Å². The summed E-state index contributed by atoms with van der Waals surface area (Å²) < 4.78 is 0. The molecule has 1 atom stereocenters. The second kappa shape index (κ2) is 12.0. The van der Waals surface area contributed by atoms with Crippen LogP contribution in [0, 0.1) is 0 Å². The van der Waals surface area contributed by atoms with Gasteiger partial charge in [-0.15, -0.1) is 0 Å². The van der Waals surface area contributed by atoms with Crippen LogP contribution < -0.4 is 0 Å². The van der Waals surface area contributed by atoms with E-state index < -0.39 is 0 Å². The van der Waals surface area contributed by atoms with Gasteiger partial charge in [-0.3, -0.25) is 0 Å². The summed E-state index contributed by atoms with van der Waals surface area (Å²) in [7, 11) is 2.24. The summed E-state index contributed by atoms with van der Waals surface area (Å²) in [6.45, 7) is 12.0. The molecule has 0 fully saturated rings. The molecular formula is C12H29N. The molecule has 0 saturated heterocycles. The second-order valence-corrected chi connectivity index (χ2v) is 3.33. The highest BCUT2D eigenvalue weighted by Gasteiger charge is 2.09. The molecule has 82 valence electrons. The molecule has 0 rings (SSSR count). The fourth-order valence-corrected chi connectivity index (χ4v) is 1.60. The summed E-state index contributed by atoms with van der Waals surface area (Å²) in [4.78, 5) is 2.49. The van der Waals surface area contributed by atoms with E-state index in [9.17, 15) is 0 Å². The van der Waals surface area contributed by atoms with Gasteiger partial charge in [-0.05, 0) is 32.9 Å². The van der Waals surface area contributed by atoms with Gasteiger partial charge in [-0.1, -0.05) is 41.0 Å². The van der Waals surface area contributed by atoms with Crippen LogP contribution in [-0.4, -0.2) is 24.5 Å². The maximum atomic E-state index is 2.49. The van der Waals surface area contributed by atoms with Crippen LogP contribution in [-0.2, 0) is 0 Å². The van der Waals surface area contributed by atoms with Crippen molar-refractivity contribution in [1.29, 1.82) is 0 Å². The molecule has 0 radical (unpaired) electrons. The van der Waals surface area contributed by atoms with Gasteiger partial charge in [0.15, 0.2) is 0 Å². The van der Waals surface area contributed by atoms with Crippen LogP contribution in [0.2, 0.25) is 0 Å². The van der Waals surface area contributed by atoms with Crippen molar-refractivity contribution in [1.82, 2.24) is 4.90 Å². The molecule has 0 aromatic heterocycles.